The standard InChI is InChI=1S/C23H18F3N5O3S.C5H10FN/c1-13-4-6-14(7-5-13)12-35(32,33)31-21-16(24)11-18(19(25)20(21)26)34-22-15(3-2-9-28-22)17-8-10-29-23(27)30-17;6-5-2-1-3-7-4-5/h2-11,31H,12H2,1H3,(H2,27,29,30);5,7H,1-4H2. The molecule has 1 saturated heterocycles. The fraction of sp³-hybridized carbons (Fsp3) is 0.250. The lowest BCUT2D eigenvalue weighted by Crippen LogP contribution is -2.30. The van der Waals surface area contributed by atoms with Crippen molar-refractivity contribution in [1.82, 2.24) is 20.3 Å². The summed E-state index contributed by atoms with van der Waals surface area (Å²) >= 11 is 0. The van der Waals surface area contributed by atoms with E-state index in [0.29, 0.717) is 18.2 Å². The summed E-state index contributed by atoms with van der Waals surface area (Å²) in [5.41, 5.74) is 6.26. The molecule has 1 aliphatic heterocycles. The van der Waals surface area contributed by atoms with E-state index in [4.69, 9.17) is 10.5 Å². The Balaban J connectivity index is 0.000000507. The van der Waals surface area contributed by atoms with Crippen molar-refractivity contribution in [2.45, 2.75) is 31.7 Å². The van der Waals surface area contributed by atoms with Gasteiger partial charge in [-0.1, -0.05) is 29.8 Å². The normalized spacial score (nSPS) is 14.9. The Morgan fingerprint density at radius 3 is 2.48 bits per heavy atom. The number of alkyl halides is 1. The van der Waals surface area contributed by atoms with Crippen molar-refractivity contribution >= 4 is 21.7 Å². The van der Waals surface area contributed by atoms with Gasteiger partial charge in [-0.25, -0.2) is 36.5 Å². The minimum absolute atomic E-state index is 0.0390. The molecule has 4 N–H and O–H groups in total. The van der Waals surface area contributed by atoms with Crippen LogP contribution in [0.5, 0.6) is 11.6 Å². The molecule has 4 aromatic rings. The lowest BCUT2D eigenvalue weighted by atomic mass is 10.1. The fourth-order valence-corrected chi connectivity index (χ4v) is 5.14. The van der Waals surface area contributed by atoms with Gasteiger partial charge in [0, 0.05) is 25.0 Å². The van der Waals surface area contributed by atoms with Gasteiger partial charge in [-0.3, -0.25) is 4.72 Å². The quantitative estimate of drug-likeness (QED) is 0.192. The molecule has 3 heterocycles. The van der Waals surface area contributed by atoms with E-state index in [-0.39, 0.29) is 23.1 Å². The second-order valence-electron chi connectivity index (χ2n) is 9.41. The summed E-state index contributed by atoms with van der Waals surface area (Å²) in [5.74, 6) is -6.42. The molecule has 0 bridgehead atoms. The van der Waals surface area contributed by atoms with Crippen LogP contribution in [0, 0.1) is 24.4 Å². The van der Waals surface area contributed by atoms with E-state index in [0.717, 1.165) is 24.9 Å². The lowest BCUT2D eigenvalue weighted by Gasteiger charge is -2.14. The van der Waals surface area contributed by atoms with Gasteiger partial charge in [-0.2, -0.15) is 4.39 Å². The number of aryl methyl sites for hydroxylation is 1. The second kappa shape index (κ2) is 13.6. The van der Waals surface area contributed by atoms with Gasteiger partial charge in [0.2, 0.25) is 27.7 Å². The average Bonchev–Trinajstić information content (AvgIpc) is 2.96. The molecule has 222 valence electrons. The third-order valence-corrected chi connectivity index (χ3v) is 7.25. The number of benzene rings is 2. The van der Waals surface area contributed by atoms with E-state index >= 15 is 0 Å². The summed E-state index contributed by atoms with van der Waals surface area (Å²) in [5, 5.41) is 2.96. The van der Waals surface area contributed by atoms with Gasteiger partial charge in [0.1, 0.15) is 11.9 Å². The third kappa shape index (κ3) is 8.13. The number of pyridine rings is 1. The Bertz CT molecular complexity index is 1640. The summed E-state index contributed by atoms with van der Waals surface area (Å²) in [6.07, 6.45) is 3.88. The van der Waals surface area contributed by atoms with E-state index in [1.165, 1.54) is 24.5 Å². The third-order valence-electron chi connectivity index (χ3n) is 6.02. The number of nitrogens with two attached hydrogens (primary N) is 1. The Morgan fingerprint density at radius 2 is 1.83 bits per heavy atom. The van der Waals surface area contributed by atoms with Gasteiger partial charge in [0.15, 0.2) is 17.4 Å². The van der Waals surface area contributed by atoms with Crippen LogP contribution in [0.4, 0.5) is 29.2 Å². The van der Waals surface area contributed by atoms with Crippen LogP contribution in [0.3, 0.4) is 0 Å². The van der Waals surface area contributed by atoms with Crippen LogP contribution < -0.4 is 20.5 Å². The van der Waals surface area contributed by atoms with Crippen LogP contribution in [0.2, 0.25) is 0 Å². The monoisotopic (exact) mass is 604 g/mol. The van der Waals surface area contributed by atoms with Gasteiger partial charge in [0.25, 0.3) is 0 Å². The molecule has 0 aliphatic carbocycles. The number of sulfonamides is 1. The minimum atomic E-state index is -4.26. The highest BCUT2D eigenvalue weighted by atomic mass is 32.2. The van der Waals surface area contributed by atoms with Crippen LogP contribution in [0.25, 0.3) is 11.3 Å². The smallest absolute Gasteiger partial charge is 0.237 e. The van der Waals surface area contributed by atoms with E-state index in [1.54, 1.807) is 35.1 Å². The highest BCUT2D eigenvalue weighted by Gasteiger charge is 2.25. The second-order valence-corrected chi connectivity index (χ2v) is 11.1. The topological polar surface area (TPSA) is 132 Å². The first kappa shape index (κ1) is 30.7. The van der Waals surface area contributed by atoms with Crippen LogP contribution in [0.15, 0.2) is 60.9 Å². The van der Waals surface area contributed by atoms with E-state index in [1.807, 2.05) is 6.92 Å². The van der Waals surface area contributed by atoms with E-state index in [9.17, 15) is 26.0 Å². The van der Waals surface area contributed by atoms with Gasteiger partial charge in [-0.15, -0.1) is 0 Å². The first-order valence-electron chi connectivity index (χ1n) is 12.8. The molecular weight excluding hydrogens is 576 g/mol. The number of nitrogens with one attached hydrogen (secondary N) is 2. The summed E-state index contributed by atoms with van der Waals surface area (Å²) in [6.45, 7) is 3.39. The summed E-state index contributed by atoms with van der Waals surface area (Å²) in [4.78, 5) is 11.8. The highest BCUT2D eigenvalue weighted by molar-refractivity contribution is 7.91. The van der Waals surface area contributed by atoms with Crippen LogP contribution in [-0.2, 0) is 15.8 Å². The summed E-state index contributed by atoms with van der Waals surface area (Å²) < 4.78 is 88.4. The first-order valence-corrected chi connectivity index (χ1v) is 14.5. The number of nitrogen functional groups attached to an aromatic ring is 1. The lowest BCUT2D eigenvalue weighted by molar-refractivity contribution is 0.266. The number of aromatic nitrogens is 3. The molecule has 2 aromatic carbocycles. The number of hydrogen-bond acceptors (Lipinski definition) is 8. The predicted octanol–water partition coefficient (Wildman–Crippen LogP) is 5.29. The Kier molecular flexibility index (Phi) is 9.91. The van der Waals surface area contributed by atoms with Crippen molar-refractivity contribution in [3.63, 3.8) is 0 Å². The molecule has 14 heteroatoms. The van der Waals surface area contributed by atoms with Gasteiger partial charge in [-0.05, 0) is 50.1 Å². The maximum Gasteiger partial charge on any atom is 0.237 e. The zero-order valence-electron chi connectivity index (χ0n) is 22.5. The molecule has 1 unspecified atom stereocenters. The average molecular weight is 605 g/mol. The molecule has 0 spiro atoms. The molecule has 42 heavy (non-hydrogen) atoms. The molecule has 1 atom stereocenters. The Labute approximate surface area is 240 Å². The number of nitrogens with zero attached hydrogens (tertiary/aromatic N) is 3. The van der Waals surface area contributed by atoms with Crippen LogP contribution >= 0.6 is 0 Å². The first-order chi connectivity index (χ1) is 20.0. The molecule has 1 aliphatic rings. The number of piperidine rings is 1. The molecular formula is C28H28F4N6O3S. The number of anilines is 2. The summed E-state index contributed by atoms with van der Waals surface area (Å²) in [7, 11) is -4.26. The summed E-state index contributed by atoms with van der Waals surface area (Å²) in [6, 6.07) is 11.6. The van der Waals surface area contributed by atoms with Gasteiger partial charge in [0.05, 0.1) is 17.0 Å². The highest BCUT2D eigenvalue weighted by Crippen LogP contribution is 2.35. The van der Waals surface area contributed by atoms with E-state index in [2.05, 4.69) is 20.3 Å². The van der Waals surface area contributed by atoms with E-state index < -0.39 is 50.8 Å². The maximum atomic E-state index is 14.8. The predicted molar refractivity (Wildman–Crippen MR) is 150 cm³/mol. The fourth-order valence-electron chi connectivity index (χ4n) is 3.94. The van der Waals surface area contributed by atoms with Crippen molar-refractivity contribution in [3.8, 4) is 22.9 Å². The van der Waals surface area contributed by atoms with Crippen molar-refractivity contribution in [2.75, 3.05) is 23.5 Å². The van der Waals surface area contributed by atoms with Crippen molar-refractivity contribution in [1.29, 1.82) is 0 Å². The van der Waals surface area contributed by atoms with Crippen LogP contribution in [-0.4, -0.2) is 42.6 Å². The van der Waals surface area contributed by atoms with Gasteiger partial charge >= 0.3 is 0 Å². The zero-order chi connectivity index (χ0) is 30.3. The van der Waals surface area contributed by atoms with Crippen LogP contribution in [0.1, 0.15) is 24.0 Å². The van der Waals surface area contributed by atoms with Gasteiger partial charge < -0.3 is 15.8 Å². The Morgan fingerprint density at radius 1 is 1.07 bits per heavy atom. The number of rotatable bonds is 7. The molecule has 1 fully saturated rings. The molecule has 0 radical (unpaired) electrons. The van der Waals surface area contributed by atoms with Crippen molar-refractivity contribution in [3.05, 3.63) is 89.5 Å². The van der Waals surface area contributed by atoms with Crippen molar-refractivity contribution in [2.24, 2.45) is 0 Å². The molecule has 0 saturated carbocycles. The molecule has 2 aromatic heterocycles. The van der Waals surface area contributed by atoms with Crippen molar-refractivity contribution < 1.29 is 30.7 Å². The molecule has 9 nitrogen and oxygen atoms in total. The zero-order valence-corrected chi connectivity index (χ0v) is 23.3. The number of halogens is 4. The minimum Gasteiger partial charge on any atom is -0.435 e. The maximum absolute atomic E-state index is 14.8. The number of ether oxygens (including phenoxy) is 1. The number of hydrogen-bond donors (Lipinski definition) is 3. The SMILES string of the molecule is Cc1ccc(CS(=O)(=O)Nc2c(F)cc(Oc3ncccc3-c3ccnc(N)n3)c(F)c2F)cc1.FC1CCCNC1. The largest absolute Gasteiger partial charge is 0.435 e. The molecule has 0 amide bonds. The Hall–Kier alpha value is -4.30. The molecule has 5 rings (SSSR count).